The van der Waals surface area contributed by atoms with Gasteiger partial charge in [0, 0.05) is 24.8 Å². The van der Waals surface area contributed by atoms with E-state index in [0.29, 0.717) is 37.0 Å². The first-order valence-corrected chi connectivity index (χ1v) is 15.9. The third kappa shape index (κ3) is 6.95. The van der Waals surface area contributed by atoms with Gasteiger partial charge >= 0.3 is 0 Å². The van der Waals surface area contributed by atoms with Crippen LogP contribution in [0.25, 0.3) is 0 Å². The second kappa shape index (κ2) is 13.4. The van der Waals surface area contributed by atoms with Crippen LogP contribution in [0.2, 0.25) is 0 Å². The second-order valence-electron chi connectivity index (χ2n) is 9.04. The Hall–Kier alpha value is -3.85. The number of carbonyl (C=O) groups is 1. The molecule has 1 amide bonds. The molecule has 0 aromatic heterocycles. The van der Waals surface area contributed by atoms with Crippen molar-refractivity contribution in [2.24, 2.45) is 0 Å². The van der Waals surface area contributed by atoms with E-state index in [4.69, 9.17) is 18.9 Å². The van der Waals surface area contributed by atoms with Gasteiger partial charge in [-0.2, -0.15) is 4.31 Å². The number of hydrogen-bond acceptors (Lipinski definition) is 9. The molecule has 0 aliphatic carbocycles. The summed E-state index contributed by atoms with van der Waals surface area (Å²) in [6.07, 6.45) is 0. The van der Waals surface area contributed by atoms with E-state index in [-0.39, 0.29) is 34.3 Å². The van der Waals surface area contributed by atoms with Crippen LogP contribution in [-0.2, 0) is 29.6 Å². The van der Waals surface area contributed by atoms with Gasteiger partial charge in [0.25, 0.3) is 10.0 Å². The lowest BCUT2D eigenvalue weighted by Gasteiger charge is -2.26. The molecule has 1 aliphatic rings. The summed E-state index contributed by atoms with van der Waals surface area (Å²) in [6, 6.07) is 16.2. The van der Waals surface area contributed by atoms with Gasteiger partial charge in [0.15, 0.2) is 11.5 Å². The maximum absolute atomic E-state index is 13.8. The normalized spacial score (nSPS) is 14.2. The molecule has 4 rings (SSSR count). The van der Waals surface area contributed by atoms with Crippen LogP contribution < -0.4 is 23.8 Å². The quantitative estimate of drug-likeness (QED) is 0.324. The Balaban J connectivity index is 1.59. The van der Waals surface area contributed by atoms with Gasteiger partial charge in [0.2, 0.25) is 15.9 Å². The SMILES string of the molecule is CCOc1ccc(N(CC(=O)Nc2ccc(S(=O)(=O)N3CCOCC3)cc2)S(=O)(=O)c2ccc(OC)c(OC)c2)cc1. The van der Waals surface area contributed by atoms with Gasteiger partial charge in [0.05, 0.1) is 49.5 Å². The van der Waals surface area contributed by atoms with Crippen molar-refractivity contribution in [3.05, 3.63) is 66.7 Å². The van der Waals surface area contributed by atoms with Crippen molar-refractivity contribution in [3.63, 3.8) is 0 Å². The standard InChI is InChI=1S/C28H33N3O9S2/c1-4-40-23-9-7-22(8-10-23)31(42(35,36)25-13-14-26(37-2)27(19-25)38-3)20-28(32)29-21-5-11-24(12-6-21)41(33,34)30-15-17-39-18-16-30/h5-14,19H,4,15-18,20H2,1-3H3,(H,29,32). The predicted octanol–water partition coefficient (Wildman–Crippen LogP) is 2.96. The summed E-state index contributed by atoms with van der Waals surface area (Å²) in [5.41, 5.74) is 0.534. The summed E-state index contributed by atoms with van der Waals surface area (Å²) in [4.78, 5) is 13.1. The van der Waals surface area contributed by atoms with Gasteiger partial charge in [0.1, 0.15) is 12.3 Å². The molecule has 1 N–H and O–H groups in total. The lowest BCUT2D eigenvalue weighted by molar-refractivity contribution is -0.114. The molecule has 1 fully saturated rings. The maximum atomic E-state index is 13.8. The predicted molar refractivity (Wildman–Crippen MR) is 156 cm³/mol. The number of amides is 1. The van der Waals surface area contributed by atoms with E-state index in [9.17, 15) is 21.6 Å². The van der Waals surface area contributed by atoms with Gasteiger partial charge in [-0.15, -0.1) is 0 Å². The highest BCUT2D eigenvalue weighted by Gasteiger charge is 2.29. The summed E-state index contributed by atoms with van der Waals surface area (Å²) in [5.74, 6) is 0.459. The number of benzene rings is 3. The number of anilines is 2. The van der Waals surface area contributed by atoms with Crippen LogP contribution in [0.1, 0.15) is 6.92 Å². The van der Waals surface area contributed by atoms with Crippen molar-refractivity contribution >= 4 is 37.3 Å². The van der Waals surface area contributed by atoms with E-state index in [1.807, 2.05) is 6.92 Å². The van der Waals surface area contributed by atoms with Gasteiger partial charge in [-0.25, -0.2) is 16.8 Å². The number of methoxy groups -OCH3 is 2. The summed E-state index contributed by atoms with van der Waals surface area (Å²) >= 11 is 0. The molecule has 1 heterocycles. The van der Waals surface area contributed by atoms with Crippen LogP contribution in [0.3, 0.4) is 0 Å². The summed E-state index contributed by atoms with van der Waals surface area (Å²) in [7, 11) is -5.14. The zero-order valence-electron chi connectivity index (χ0n) is 23.5. The van der Waals surface area contributed by atoms with E-state index in [1.54, 1.807) is 24.3 Å². The zero-order valence-corrected chi connectivity index (χ0v) is 25.1. The van der Waals surface area contributed by atoms with Gasteiger partial charge in [-0.05, 0) is 67.6 Å². The molecule has 0 saturated carbocycles. The molecular weight excluding hydrogens is 586 g/mol. The fourth-order valence-corrected chi connectivity index (χ4v) is 7.12. The molecule has 1 saturated heterocycles. The van der Waals surface area contributed by atoms with E-state index in [1.165, 1.54) is 61.0 Å². The van der Waals surface area contributed by atoms with Crippen LogP contribution >= 0.6 is 0 Å². The van der Waals surface area contributed by atoms with E-state index in [2.05, 4.69) is 5.32 Å². The molecule has 3 aromatic carbocycles. The first kappa shape index (κ1) is 31.1. The Morgan fingerprint density at radius 2 is 1.50 bits per heavy atom. The topological polar surface area (TPSA) is 141 Å². The Kier molecular flexibility index (Phi) is 9.93. The molecule has 42 heavy (non-hydrogen) atoms. The number of nitrogens with zero attached hydrogens (tertiary/aromatic N) is 2. The van der Waals surface area contributed by atoms with Gasteiger partial charge in [-0.1, -0.05) is 0 Å². The zero-order chi connectivity index (χ0) is 30.3. The molecule has 12 nitrogen and oxygen atoms in total. The Bertz CT molecular complexity index is 1590. The number of morpholine rings is 1. The second-order valence-corrected chi connectivity index (χ2v) is 12.8. The van der Waals surface area contributed by atoms with Crippen LogP contribution in [0.15, 0.2) is 76.5 Å². The smallest absolute Gasteiger partial charge is 0.264 e. The highest BCUT2D eigenvalue weighted by molar-refractivity contribution is 7.92. The number of hydrogen-bond donors (Lipinski definition) is 1. The first-order valence-electron chi connectivity index (χ1n) is 13.1. The number of nitrogens with one attached hydrogen (secondary N) is 1. The van der Waals surface area contributed by atoms with Crippen LogP contribution in [0.5, 0.6) is 17.2 Å². The van der Waals surface area contributed by atoms with E-state index < -0.39 is 32.5 Å². The van der Waals surface area contributed by atoms with Crippen LogP contribution in [0, 0.1) is 0 Å². The minimum atomic E-state index is -4.26. The molecule has 0 radical (unpaired) electrons. The summed E-state index contributed by atoms with van der Waals surface area (Å²) in [6.45, 7) is 2.86. The molecular formula is C28H33N3O9S2. The van der Waals surface area contributed by atoms with Crippen molar-refractivity contribution < 1.29 is 40.6 Å². The number of sulfonamides is 2. The van der Waals surface area contributed by atoms with Crippen molar-refractivity contribution in [2.45, 2.75) is 16.7 Å². The Morgan fingerprint density at radius 1 is 0.881 bits per heavy atom. The van der Waals surface area contributed by atoms with Crippen molar-refractivity contribution in [1.82, 2.24) is 4.31 Å². The molecule has 3 aromatic rings. The van der Waals surface area contributed by atoms with E-state index in [0.717, 1.165) is 4.31 Å². The largest absolute Gasteiger partial charge is 0.494 e. The molecule has 1 aliphatic heterocycles. The van der Waals surface area contributed by atoms with Crippen molar-refractivity contribution in [3.8, 4) is 17.2 Å². The molecule has 14 heteroatoms. The summed E-state index contributed by atoms with van der Waals surface area (Å²) in [5, 5.41) is 2.65. The molecule has 226 valence electrons. The Labute approximate surface area is 245 Å². The Morgan fingerprint density at radius 3 is 2.10 bits per heavy atom. The lowest BCUT2D eigenvalue weighted by atomic mass is 10.3. The fraction of sp³-hybridized carbons (Fsp3) is 0.321. The third-order valence-electron chi connectivity index (χ3n) is 6.41. The average Bonchev–Trinajstić information content (AvgIpc) is 3.00. The molecule has 0 bridgehead atoms. The molecule has 0 spiro atoms. The molecule has 0 atom stereocenters. The number of ether oxygens (including phenoxy) is 4. The van der Waals surface area contributed by atoms with Crippen molar-refractivity contribution in [2.75, 3.05) is 63.3 Å². The minimum Gasteiger partial charge on any atom is -0.494 e. The summed E-state index contributed by atoms with van der Waals surface area (Å²) < 4.78 is 77.0. The maximum Gasteiger partial charge on any atom is 0.264 e. The van der Waals surface area contributed by atoms with Gasteiger partial charge < -0.3 is 24.3 Å². The van der Waals surface area contributed by atoms with Gasteiger partial charge in [-0.3, -0.25) is 9.10 Å². The lowest BCUT2D eigenvalue weighted by Crippen LogP contribution is -2.40. The van der Waals surface area contributed by atoms with E-state index >= 15 is 0 Å². The highest BCUT2D eigenvalue weighted by atomic mass is 32.2. The van der Waals surface area contributed by atoms with Crippen molar-refractivity contribution in [1.29, 1.82) is 0 Å². The average molecular weight is 620 g/mol. The van der Waals surface area contributed by atoms with Crippen LogP contribution in [-0.4, -0.2) is 80.7 Å². The first-order chi connectivity index (χ1) is 20.1. The number of carbonyl (C=O) groups excluding carboxylic acids is 1. The van der Waals surface area contributed by atoms with Crippen LogP contribution in [0.4, 0.5) is 11.4 Å². The monoisotopic (exact) mass is 619 g/mol. The third-order valence-corrected chi connectivity index (χ3v) is 10.1. The minimum absolute atomic E-state index is 0.0782. The number of rotatable bonds is 12. The highest BCUT2D eigenvalue weighted by Crippen LogP contribution is 2.33. The molecule has 0 unspecified atom stereocenters. The fourth-order valence-electron chi connectivity index (χ4n) is 4.27.